The van der Waals surface area contributed by atoms with Gasteiger partial charge in [0.15, 0.2) is 0 Å². The first-order chi connectivity index (χ1) is 17.9. The zero-order chi connectivity index (χ0) is 30.2. The van der Waals surface area contributed by atoms with Gasteiger partial charge in [-0.1, -0.05) is 43.9 Å². The average Bonchev–Trinajstić information content (AvgIpc) is 2.80. The van der Waals surface area contributed by atoms with E-state index in [-0.39, 0.29) is 23.9 Å². The van der Waals surface area contributed by atoms with Crippen molar-refractivity contribution in [2.75, 3.05) is 26.4 Å². The molecule has 0 N–H and O–H groups in total. The molecule has 0 aromatic carbocycles. The third kappa shape index (κ3) is 50.3. The van der Waals surface area contributed by atoms with Gasteiger partial charge >= 0.3 is 23.9 Å². The molecule has 224 valence electrons. The van der Waals surface area contributed by atoms with E-state index in [2.05, 4.69) is 43.2 Å². The standard InChI is InChI=1S/C12H20O2.C8H16O2.C6H12O2.C4H8O2/c1-10(2)6-5-7-11(3)8-9-14-12(4)13;1-3-5-6-7-8(9)10-4-2;1-3-5-6(7)8-4-2;1-3-6-4(2)5/h6,8H,5,7,9H2,1-4H3;3-7H2,1-2H3;3-5H2,1-2H3;3H2,1-2H3/b11-8+;;;. The lowest BCUT2D eigenvalue weighted by Crippen LogP contribution is -2.02. The second kappa shape index (κ2) is 34.4. The number of ether oxygens (including phenoxy) is 4. The van der Waals surface area contributed by atoms with Crippen molar-refractivity contribution < 1.29 is 38.1 Å². The molecule has 0 saturated heterocycles. The Bertz CT molecular complexity index is 639. The summed E-state index contributed by atoms with van der Waals surface area (Å²) in [4.78, 5) is 41.4. The molecule has 0 amide bonds. The van der Waals surface area contributed by atoms with Gasteiger partial charge in [0.2, 0.25) is 0 Å². The molecular weight excluding hydrogens is 488 g/mol. The number of carbonyl (C=O) groups is 4. The lowest BCUT2D eigenvalue weighted by Gasteiger charge is -2.00. The zero-order valence-electron chi connectivity index (χ0n) is 25.9. The summed E-state index contributed by atoms with van der Waals surface area (Å²) in [7, 11) is 0. The summed E-state index contributed by atoms with van der Waals surface area (Å²) < 4.78 is 18.6. The lowest BCUT2D eigenvalue weighted by atomic mass is 10.1. The van der Waals surface area contributed by atoms with Gasteiger partial charge in [-0.2, -0.15) is 0 Å². The maximum Gasteiger partial charge on any atom is 0.305 e. The maximum absolute atomic E-state index is 10.7. The second-order valence-corrected chi connectivity index (χ2v) is 8.41. The van der Waals surface area contributed by atoms with Crippen molar-refractivity contribution in [1.29, 1.82) is 0 Å². The molecule has 0 radical (unpaired) electrons. The van der Waals surface area contributed by atoms with E-state index in [1.54, 1.807) is 6.92 Å². The first kappa shape index (κ1) is 42.4. The minimum Gasteiger partial charge on any atom is -0.466 e. The normalized spacial score (nSPS) is 9.58. The van der Waals surface area contributed by atoms with E-state index >= 15 is 0 Å². The van der Waals surface area contributed by atoms with Gasteiger partial charge in [-0.25, -0.2) is 0 Å². The van der Waals surface area contributed by atoms with E-state index in [1.165, 1.54) is 25.0 Å². The predicted molar refractivity (Wildman–Crippen MR) is 154 cm³/mol. The summed E-state index contributed by atoms with van der Waals surface area (Å²) in [5.74, 6) is -0.582. The third-order valence-electron chi connectivity index (χ3n) is 4.21. The summed E-state index contributed by atoms with van der Waals surface area (Å²) in [6.07, 6.45) is 11.5. The van der Waals surface area contributed by atoms with Crippen molar-refractivity contribution in [2.24, 2.45) is 0 Å². The highest BCUT2D eigenvalue weighted by molar-refractivity contribution is 5.69. The van der Waals surface area contributed by atoms with Crippen LogP contribution in [0.4, 0.5) is 0 Å². The van der Waals surface area contributed by atoms with Crippen LogP contribution in [0, 0.1) is 0 Å². The maximum atomic E-state index is 10.7. The molecule has 0 saturated carbocycles. The third-order valence-corrected chi connectivity index (χ3v) is 4.21. The molecule has 0 unspecified atom stereocenters. The van der Waals surface area contributed by atoms with Gasteiger partial charge in [-0.3, -0.25) is 19.2 Å². The number of carbonyl (C=O) groups excluding carboxylic acids is 4. The van der Waals surface area contributed by atoms with Gasteiger partial charge < -0.3 is 18.9 Å². The van der Waals surface area contributed by atoms with Crippen molar-refractivity contribution in [3.05, 3.63) is 23.3 Å². The monoisotopic (exact) mass is 544 g/mol. The van der Waals surface area contributed by atoms with E-state index in [9.17, 15) is 19.2 Å². The van der Waals surface area contributed by atoms with Crippen LogP contribution in [0.3, 0.4) is 0 Å². The highest BCUT2D eigenvalue weighted by atomic mass is 16.5. The van der Waals surface area contributed by atoms with Gasteiger partial charge in [0, 0.05) is 26.7 Å². The first-order valence-corrected chi connectivity index (χ1v) is 13.8. The molecular formula is C30H56O8. The largest absolute Gasteiger partial charge is 0.466 e. The van der Waals surface area contributed by atoms with Gasteiger partial charge in [0.1, 0.15) is 6.61 Å². The van der Waals surface area contributed by atoms with Gasteiger partial charge in [0.05, 0.1) is 19.8 Å². The fraction of sp³-hybridized carbons (Fsp3) is 0.733. The molecule has 0 aliphatic carbocycles. The van der Waals surface area contributed by atoms with E-state index in [0.717, 1.165) is 38.5 Å². The molecule has 8 nitrogen and oxygen atoms in total. The minimum absolute atomic E-state index is 0.0593. The molecule has 0 spiro atoms. The van der Waals surface area contributed by atoms with Crippen LogP contribution in [0.5, 0.6) is 0 Å². The Morgan fingerprint density at radius 2 is 1.05 bits per heavy atom. The molecule has 0 bridgehead atoms. The molecule has 38 heavy (non-hydrogen) atoms. The second-order valence-electron chi connectivity index (χ2n) is 8.41. The Morgan fingerprint density at radius 1 is 0.553 bits per heavy atom. The Labute approximate surface area is 232 Å². The van der Waals surface area contributed by atoms with E-state index in [1.807, 2.05) is 26.8 Å². The van der Waals surface area contributed by atoms with Crippen LogP contribution < -0.4 is 0 Å². The average molecular weight is 545 g/mol. The Balaban J connectivity index is -0.000000213. The molecule has 8 heteroatoms. The highest BCUT2D eigenvalue weighted by Gasteiger charge is 1.98. The predicted octanol–water partition coefficient (Wildman–Crippen LogP) is 7.29. The van der Waals surface area contributed by atoms with E-state index < -0.39 is 0 Å². The fourth-order valence-corrected chi connectivity index (χ4v) is 2.38. The van der Waals surface area contributed by atoms with Gasteiger partial charge in [0.25, 0.3) is 0 Å². The minimum atomic E-state index is -0.224. The summed E-state index contributed by atoms with van der Waals surface area (Å²) in [5, 5.41) is 0. The van der Waals surface area contributed by atoms with E-state index in [0.29, 0.717) is 39.3 Å². The number of allylic oxidation sites excluding steroid dienone is 3. The SMILES string of the molecule is CC(=O)OC/C=C(\C)CCC=C(C)C.CCCC(=O)OCC.CCCCCC(=O)OCC.CCOC(C)=O. The highest BCUT2D eigenvalue weighted by Crippen LogP contribution is 2.06. The summed E-state index contributed by atoms with van der Waals surface area (Å²) >= 11 is 0. The molecule has 0 fully saturated rings. The number of hydrogen-bond donors (Lipinski definition) is 0. The number of esters is 4. The Hall–Kier alpha value is -2.64. The Kier molecular flexibility index (Phi) is 38.4. The summed E-state index contributed by atoms with van der Waals surface area (Å²) in [6.45, 7) is 20.4. The van der Waals surface area contributed by atoms with Crippen LogP contribution in [0.1, 0.15) is 121 Å². The topological polar surface area (TPSA) is 105 Å². The lowest BCUT2D eigenvalue weighted by molar-refractivity contribution is -0.144. The number of rotatable bonds is 14. The smallest absolute Gasteiger partial charge is 0.305 e. The molecule has 0 rings (SSSR count). The van der Waals surface area contributed by atoms with Crippen LogP contribution >= 0.6 is 0 Å². The van der Waals surface area contributed by atoms with Crippen molar-refractivity contribution in [3.8, 4) is 0 Å². The van der Waals surface area contributed by atoms with Crippen molar-refractivity contribution in [2.45, 2.75) is 121 Å². The number of unbranched alkanes of at least 4 members (excludes halogenated alkanes) is 2. The van der Waals surface area contributed by atoms with Crippen molar-refractivity contribution in [1.82, 2.24) is 0 Å². The van der Waals surface area contributed by atoms with Gasteiger partial charge in [-0.15, -0.1) is 0 Å². The Morgan fingerprint density at radius 3 is 1.42 bits per heavy atom. The molecule has 0 aliphatic heterocycles. The molecule has 0 aromatic rings. The van der Waals surface area contributed by atoms with Crippen LogP contribution in [0.25, 0.3) is 0 Å². The summed E-state index contributed by atoms with van der Waals surface area (Å²) in [5.41, 5.74) is 2.61. The van der Waals surface area contributed by atoms with Crippen LogP contribution in [0.2, 0.25) is 0 Å². The van der Waals surface area contributed by atoms with Crippen molar-refractivity contribution >= 4 is 23.9 Å². The van der Waals surface area contributed by atoms with Crippen LogP contribution in [-0.4, -0.2) is 50.3 Å². The molecule has 0 atom stereocenters. The molecule has 0 aromatic heterocycles. The van der Waals surface area contributed by atoms with Gasteiger partial charge in [-0.05, 0) is 73.3 Å². The molecule has 0 heterocycles. The summed E-state index contributed by atoms with van der Waals surface area (Å²) in [6, 6.07) is 0. The fourth-order valence-electron chi connectivity index (χ4n) is 2.38. The van der Waals surface area contributed by atoms with Crippen molar-refractivity contribution in [3.63, 3.8) is 0 Å². The quantitative estimate of drug-likeness (QED) is 0.0971. The van der Waals surface area contributed by atoms with E-state index in [4.69, 9.17) is 9.47 Å². The number of hydrogen-bond acceptors (Lipinski definition) is 8. The zero-order valence-corrected chi connectivity index (χ0v) is 25.9. The van der Waals surface area contributed by atoms with Crippen LogP contribution in [-0.2, 0) is 38.1 Å². The molecule has 0 aliphatic rings. The van der Waals surface area contributed by atoms with Crippen LogP contribution in [0.15, 0.2) is 23.3 Å². The first-order valence-electron chi connectivity index (χ1n) is 13.8.